The van der Waals surface area contributed by atoms with Crippen molar-refractivity contribution in [3.05, 3.63) is 68.5 Å². The van der Waals surface area contributed by atoms with Gasteiger partial charge in [-0.15, -0.1) is 0 Å². The van der Waals surface area contributed by atoms with E-state index in [0.717, 1.165) is 5.56 Å². The molecule has 1 amide bonds. The van der Waals surface area contributed by atoms with Gasteiger partial charge in [0.2, 0.25) is 0 Å². The highest BCUT2D eigenvalue weighted by Crippen LogP contribution is 2.32. The molecule has 26 heavy (non-hydrogen) atoms. The highest BCUT2D eigenvalue weighted by molar-refractivity contribution is 8.18. The fraction of sp³-hybridized carbons (Fsp3) is 0.0556. The van der Waals surface area contributed by atoms with Gasteiger partial charge in [0.15, 0.2) is 5.17 Å². The van der Waals surface area contributed by atoms with E-state index in [2.05, 4.69) is 15.0 Å². The molecule has 1 heterocycles. The van der Waals surface area contributed by atoms with Crippen molar-refractivity contribution >= 4 is 63.8 Å². The van der Waals surface area contributed by atoms with Crippen molar-refractivity contribution in [1.29, 1.82) is 0 Å². The van der Waals surface area contributed by atoms with E-state index >= 15 is 0 Å². The first-order valence-corrected chi connectivity index (χ1v) is 8.96. The topological polar surface area (TPSA) is 67.8 Å². The Bertz CT molecular complexity index is 940. The number of hydrogen-bond acceptors (Lipinski definition) is 5. The van der Waals surface area contributed by atoms with Crippen LogP contribution in [0.1, 0.15) is 15.9 Å². The standard InChI is InChI=1S/C18H12Cl2N2O3S/c1-25-17(24)11-4-2-10(3-5-11)8-15-16(23)22-18(26-15)21-14-7-6-12(19)9-13(14)20/h2-9H,1H3,(H,21,22,23)/b15-8-. The molecule has 0 atom stereocenters. The monoisotopic (exact) mass is 406 g/mol. The van der Waals surface area contributed by atoms with Gasteiger partial charge in [0.1, 0.15) is 0 Å². The second kappa shape index (κ2) is 7.95. The summed E-state index contributed by atoms with van der Waals surface area (Å²) in [5.41, 5.74) is 1.74. The number of carbonyl (C=O) groups is 2. The summed E-state index contributed by atoms with van der Waals surface area (Å²) in [6.45, 7) is 0. The number of ether oxygens (including phenoxy) is 1. The second-order valence-electron chi connectivity index (χ2n) is 5.19. The third kappa shape index (κ3) is 4.27. The molecule has 1 fully saturated rings. The predicted octanol–water partition coefficient (Wildman–Crippen LogP) is 4.67. The molecule has 0 aliphatic carbocycles. The number of hydrogen-bond donors (Lipinski definition) is 1. The summed E-state index contributed by atoms with van der Waals surface area (Å²) >= 11 is 13.2. The van der Waals surface area contributed by atoms with Crippen molar-refractivity contribution in [2.24, 2.45) is 4.99 Å². The van der Waals surface area contributed by atoms with E-state index in [1.54, 1.807) is 48.5 Å². The van der Waals surface area contributed by atoms with Gasteiger partial charge in [0.05, 0.1) is 28.3 Å². The van der Waals surface area contributed by atoms with Crippen LogP contribution in [0.2, 0.25) is 10.0 Å². The molecule has 1 aliphatic heterocycles. The van der Waals surface area contributed by atoms with E-state index in [1.165, 1.54) is 18.9 Å². The molecule has 0 aromatic heterocycles. The fourth-order valence-electron chi connectivity index (χ4n) is 2.15. The molecule has 1 N–H and O–H groups in total. The van der Waals surface area contributed by atoms with Crippen LogP contribution >= 0.6 is 35.0 Å². The Labute approximate surface area is 164 Å². The number of amidine groups is 1. The average Bonchev–Trinajstić information content (AvgIpc) is 2.96. The molecule has 5 nitrogen and oxygen atoms in total. The van der Waals surface area contributed by atoms with Gasteiger partial charge in [-0.3, -0.25) is 4.79 Å². The lowest BCUT2D eigenvalue weighted by Gasteiger charge is -2.00. The van der Waals surface area contributed by atoms with E-state index in [1.807, 2.05) is 0 Å². The Kier molecular flexibility index (Phi) is 5.66. The van der Waals surface area contributed by atoms with Gasteiger partial charge in [-0.25, -0.2) is 9.79 Å². The Hall–Kier alpha value is -2.28. The molecule has 0 saturated carbocycles. The molecule has 3 rings (SSSR count). The quantitative estimate of drug-likeness (QED) is 0.593. The minimum Gasteiger partial charge on any atom is -0.465 e. The Morgan fingerprint density at radius 2 is 1.92 bits per heavy atom. The molecule has 1 saturated heterocycles. The lowest BCUT2D eigenvalue weighted by molar-refractivity contribution is -0.115. The predicted molar refractivity (Wildman–Crippen MR) is 105 cm³/mol. The minimum atomic E-state index is -0.411. The van der Waals surface area contributed by atoms with Crippen molar-refractivity contribution in [2.75, 3.05) is 7.11 Å². The summed E-state index contributed by atoms with van der Waals surface area (Å²) in [6.07, 6.45) is 1.72. The molecule has 0 bridgehead atoms. The van der Waals surface area contributed by atoms with Crippen LogP contribution in [-0.2, 0) is 9.53 Å². The summed E-state index contributed by atoms with van der Waals surface area (Å²) in [5.74, 6) is -0.665. The molecule has 0 spiro atoms. The smallest absolute Gasteiger partial charge is 0.337 e. The van der Waals surface area contributed by atoms with Crippen LogP contribution < -0.4 is 5.32 Å². The number of thioether (sulfide) groups is 1. The molecule has 0 unspecified atom stereocenters. The van der Waals surface area contributed by atoms with E-state index in [-0.39, 0.29) is 5.91 Å². The maximum absolute atomic E-state index is 12.1. The first-order chi connectivity index (χ1) is 12.5. The van der Waals surface area contributed by atoms with Gasteiger partial charge in [-0.1, -0.05) is 35.3 Å². The maximum atomic E-state index is 12.1. The zero-order valence-corrected chi connectivity index (χ0v) is 15.8. The van der Waals surface area contributed by atoms with Crippen LogP contribution in [0.4, 0.5) is 5.69 Å². The zero-order chi connectivity index (χ0) is 18.7. The van der Waals surface area contributed by atoms with E-state index in [9.17, 15) is 9.59 Å². The molecular formula is C18H12Cl2N2O3S. The molecule has 2 aromatic rings. The number of benzene rings is 2. The normalized spacial score (nSPS) is 16.8. The first-order valence-electron chi connectivity index (χ1n) is 7.39. The molecular weight excluding hydrogens is 395 g/mol. The number of halogens is 2. The Morgan fingerprint density at radius 1 is 1.19 bits per heavy atom. The number of amides is 1. The van der Waals surface area contributed by atoms with Crippen LogP contribution in [0.15, 0.2) is 52.4 Å². The van der Waals surface area contributed by atoms with Gasteiger partial charge < -0.3 is 10.1 Å². The highest BCUT2D eigenvalue weighted by atomic mass is 35.5. The first kappa shape index (κ1) is 18.5. The third-order valence-corrected chi connectivity index (χ3v) is 4.86. The van der Waals surface area contributed by atoms with Crippen LogP contribution in [-0.4, -0.2) is 24.2 Å². The van der Waals surface area contributed by atoms with Crippen LogP contribution in [0.3, 0.4) is 0 Å². The minimum absolute atomic E-state index is 0.254. The number of rotatable bonds is 3. The van der Waals surface area contributed by atoms with E-state index in [4.69, 9.17) is 23.2 Å². The number of methoxy groups -OCH3 is 1. The second-order valence-corrected chi connectivity index (χ2v) is 7.07. The SMILES string of the molecule is COC(=O)c1ccc(/C=C2\SC(=Nc3ccc(Cl)cc3Cl)NC2=O)cc1. The van der Waals surface area contributed by atoms with Crippen molar-refractivity contribution in [3.63, 3.8) is 0 Å². The molecule has 132 valence electrons. The van der Waals surface area contributed by atoms with Crippen molar-refractivity contribution in [3.8, 4) is 0 Å². The fourth-order valence-corrected chi connectivity index (χ4v) is 3.43. The number of nitrogens with zero attached hydrogens (tertiary/aromatic N) is 1. The van der Waals surface area contributed by atoms with E-state index < -0.39 is 5.97 Å². The summed E-state index contributed by atoms with van der Waals surface area (Å²) < 4.78 is 4.66. The maximum Gasteiger partial charge on any atom is 0.337 e. The average molecular weight is 407 g/mol. The number of aliphatic imine (C=N–C) groups is 1. The number of esters is 1. The van der Waals surface area contributed by atoms with Crippen LogP contribution in [0.5, 0.6) is 0 Å². The van der Waals surface area contributed by atoms with Crippen LogP contribution in [0.25, 0.3) is 6.08 Å². The molecule has 8 heteroatoms. The summed E-state index contributed by atoms with van der Waals surface area (Å²) in [4.78, 5) is 28.4. The summed E-state index contributed by atoms with van der Waals surface area (Å²) in [6, 6.07) is 11.7. The van der Waals surface area contributed by atoms with Gasteiger partial charge >= 0.3 is 5.97 Å². The number of carbonyl (C=O) groups excluding carboxylic acids is 2. The van der Waals surface area contributed by atoms with Crippen molar-refractivity contribution in [2.45, 2.75) is 0 Å². The van der Waals surface area contributed by atoms with Crippen LogP contribution in [0, 0.1) is 0 Å². The molecule has 0 radical (unpaired) electrons. The highest BCUT2D eigenvalue weighted by Gasteiger charge is 2.24. The van der Waals surface area contributed by atoms with Gasteiger partial charge in [-0.2, -0.15) is 0 Å². The number of nitrogens with one attached hydrogen (secondary N) is 1. The van der Waals surface area contributed by atoms with E-state index in [0.29, 0.717) is 31.4 Å². The summed E-state index contributed by atoms with van der Waals surface area (Å²) in [7, 11) is 1.32. The van der Waals surface area contributed by atoms with Gasteiger partial charge in [0, 0.05) is 5.02 Å². The Balaban J connectivity index is 1.80. The molecule has 1 aliphatic rings. The van der Waals surface area contributed by atoms with Gasteiger partial charge in [0.25, 0.3) is 5.91 Å². The molecule has 2 aromatic carbocycles. The van der Waals surface area contributed by atoms with Crippen molar-refractivity contribution < 1.29 is 14.3 Å². The van der Waals surface area contributed by atoms with Crippen molar-refractivity contribution in [1.82, 2.24) is 5.32 Å². The van der Waals surface area contributed by atoms with Gasteiger partial charge in [-0.05, 0) is 53.7 Å². The lowest BCUT2D eigenvalue weighted by Crippen LogP contribution is -2.19. The Morgan fingerprint density at radius 3 is 2.58 bits per heavy atom. The third-order valence-electron chi connectivity index (χ3n) is 3.41. The summed E-state index contributed by atoms with van der Waals surface area (Å²) in [5, 5.41) is 4.03. The zero-order valence-electron chi connectivity index (χ0n) is 13.5. The largest absolute Gasteiger partial charge is 0.465 e. The lowest BCUT2D eigenvalue weighted by atomic mass is 10.1.